The number of rotatable bonds is 4. The largest absolute Gasteiger partial charge is 0.508 e. The lowest BCUT2D eigenvalue weighted by Gasteiger charge is -2.14. The molecule has 1 aromatic heterocycles. The van der Waals surface area contributed by atoms with Crippen LogP contribution >= 0.6 is 0 Å². The van der Waals surface area contributed by atoms with E-state index in [1.165, 1.54) is 18.2 Å². The Kier molecular flexibility index (Phi) is 3.20. The minimum absolute atomic E-state index is 0.117. The molecule has 0 saturated heterocycles. The first kappa shape index (κ1) is 11.3. The van der Waals surface area contributed by atoms with E-state index in [1.54, 1.807) is 0 Å². The van der Waals surface area contributed by atoms with Gasteiger partial charge < -0.3 is 15.5 Å². The van der Waals surface area contributed by atoms with E-state index in [-0.39, 0.29) is 17.5 Å². The Balaban J connectivity index is 2.04. The Bertz CT molecular complexity index is 485. The lowest BCUT2D eigenvalue weighted by atomic mass is 10.1. The van der Waals surface area contributed by atoms with Gasteiger partial charge in [-0.25, -0.2) is 0 Å². The van der Waals surface area contributed by atoms with Crippen molar-refractivity contribution in [1.29, 1.82) is 0 Å². The third kappa shape index (κ3) is 2.70. The Morgan fingerprint density at radius 2 is 2.24 bits per heavy atom. The number of phenolic OH excluding ortho intramolecular Hbond substituents is 2. The molecule has 1 aromatic carbocycles. The van der Waals surface area contributed by atoms with Crippen molar-refractivity contribution in [2.24, 2.45) is 0 Å². The van der Waals surface area contributed by atoms with Crippen molar-refractivity contribution in [2.45, 2.75) is 19.5 Å². The monoisotopic (exact) mass is 235 g/mol. The smallest absolute Gasteiger partial charge is 0.188 e. The second kappa shape index (κ2) is 4.79. The van der Waals surface area contributed by atoms with Crippen molar-refractivity contribution in [3.63, 3.8) is 0 Å². The molecule has 1 atom stereocenters. The van der Waals surface area contributed by atoms with E-state index in [9.17, 15) is 10.2 Å². The summed E-state index contributed by atoms with van der Waals surface area (Å²) in [6, 6.07) is 4.27. The van der Waals surface area contributed by atoms with Crippen LogP contribution in [0.5, 0.6) is 11.5 Å². The topological polar surface area (TPSA) is 107 Å². The predicted molar refractivity (Wildman–Crippen MR) is 59.2 cm³/mol. The zero-order chi connectivity index (χ0) is 12.3. The molecule has 4 N–H and O–H groups in total. The summed E-state index contributed by atoms with van der Waals surface area (Å²) >= 11 is 0. The van der Waals surface area contributed by atoms with Crippen LogP contribution in [0, 0.1) is 0 Å². The van der Waals surface area contributed by atoms with E-state index < -0.39 is 0 Å². The van der Waals surface area contributed by atoms with Crippen LogP contribution in [0.15, 0.2) is 18.2 Å². The molecule has 0 amide bonds. The van der Waals surface area contributed by atoms with E-state index >= 15 is 0 Å². The number of hydrogen-bond donors (Lipinski definition) is 4. The molecule has 90 valence electrons. The van der Waals surface area contributed by atoms with E-state index in [0.717, 1.165) is 0 Å². The molecule has 0 aliphatic heterocycles. The number of tetrazole rings is 1. The summed E-state index contributed by atoms with van der Waals surface area (Å²) < 4.78 is 0. The van der Waals surface area contributed by atoms with Crippen molar-refractivity contribution >= 4 is 0 Å². The van der Waals surface area contributed by atoms with Gasteiger partial charge >= 0.3 is 0 Å². The third-order valence-electron chi connectivity index (χ3n) is 2.43. The Hall–Kier alpha value is -2.15. The number of aromatic hydroxyl groups is 2. The molecular weight excluding hydrogens is 222 g/mol. The summed E-state index contributed by atoms with van der Waals surface area (Å²) in [5.41, 5.74) is 0.619. The number of benzene rings is 1. The maximum Gasteiger partial charge on any atom is 0.188 e. The van der Waals surface area contributed by atoms with E-state index in [0.29, 0.717) is 17.9 Å². The summed E-state index contributed by atoms with van der Waals surface area (Å²) in [4.78, 5) is 0. The average Bonchev–Trinajstić information content (AvgIpc) is 2.82. The van der Waals surface area contributed by atoms with Gasteiger partial charge in [0.2, 0.25) is 0 Å². The number of aromatic amines is 1. The first-order chi connectivity index (χ1) is 8.16. The fourth-order valence-electron chi connectivity index (χ4n) is 1.50. The minimum atomic E-state index is -0.138. The summed E-state index contributed by atoms with van der Waals surface area (Å²) in [6.07, 6.45) is 0. The molecule has 2 aromatic rings. The Labute approximate surface area is 97.5 Å². The number of hydrogen-bond acceptors (Lipinski definition) is 6. The summed E-state index contributed by atoms with van der Waals surface area (Å²) in [7, 11) is 0. The molecule has 0 saturated carbocycles. The first-order valence-corrected chi connectivity index (χ1v) is 5.14. The molecule has 1 heterocycles. The van der Waals surface area contributed by atoms with Crippen molar-refractivity contribution in [3.8, 4) is 11.5 Å². The van der Waals surface area contributed by atoms with Gasteiger partial charge in [-0.1, -0.05) is 5.21 Å². The van der Waals surface area contributed by atoms with Gasteiger partial charge in [-0.15, -0.1) is 10.2 Å². The SMILES string of the molecule is CC(NCc1nn[nH]n1)c1cc(O)ccc1O. The number of aromatic nitrogens is 4. The normalized spacial score (nSPS) is 12.5. The van der Waals surface area contributed by atoms with Gasteiger partial charge in [-0.2, -0.15) is 5.21 Å². The summed E-state index contributed by atoms with van der Waals surface area (Å²) in [5.74, 6) is 0.790. The third-order valence-corrected chi connectivity index (χ3v) is 2.43. The minimum Gasteiger partial charge on any atom is -0.508 e. The van der Waals surface area contributed by atoms with Crippen LogP contribution in [0.3, 0.4) is 0 Å². The maximum absolute atomic E-state index is 9.66. The molecule has 1 unspecified atom stereocenters. The van der Waals surface area contributed by atoms with Gasteiger partial charge in [0.15, 0.2) is 5.82 Å². The molecule has 0 aliphatic rings. The average molecular weight is 235 g/mol. The number of phenols is 2. The molecule has 0 aliphatic carbocycles. The zero-order valence-corrected chi connectivity index (χ0v) is 9.25. The highest BCUT2D eigenvalue weighted by molar-refractivity contribution is 5.40. The highest BCUT2D eigenvalue weighted by Gasteiger charge is 2.11. The van der Waals surface area contributed by atoms with Crippen LogP contribution < -0.4 is 5.32 Å². The molecule has 17 heavy (non-hydrogen) atoms. The molecule has 7 heteroatoms. The predicted octanol–water partition coefficient (Wildman–Crippen LogP) is 0.462. The van der Waals surface area contributed by atoms with Crippen LogP contribution in [0.2, 0.25) is 0 Å². The van der Waals surface area contributed by atoms with Crippen LogP contribution in [0.1, 0.15) is 24.4 Å². The molecule has 0 radical (unpaired) electrons. The van der Waals surface area contributed by atoms with Crippen molar-refractivity contribution in [3.05, 3.63) is 29.6 Å². The van der Waals surface area contributed by atoms with Crippen LogP contribution in [0.4, 0.5) is 0 Å². The lowest BCUT2D eigenvalue weighted by Crippen LogP contribution is -2.19. The van der Waals surface area contributed by atoms with E-state index in [2.05, 4.69) is 25.9 Å². The zero-order valence-electron chi connectivity index (χ0n) is 9.25. The van der Waals surface area contributed by atoms with Gasteiger partial charge in [0.25, 0.3) is 0 Å². The van der Waals surface area contributed by atoms with Crippen molar-refractivity contribution in [2.75, 3.05) is 0 Å². The molecular formula is C10H13N5O2. The highest BCUT2D eigenvalue weighted by Crippen LogP contribution is 2.27. The van der Waals surface area contributed by atoms with E-state index in [4.69, 9.17) is 0 Å². The van der Waals surface area contributed by atoms with Gasteiger partial charge in [0, 0.05) is 11.6 Å². The van der Waals surface area contributed by atoms with Gasteiger partial charge in [-0.05, 0) is 25.1 Å². The first-order valence-electron chi connectivity index (χ1n) is 5.14. The molecule has 2 rings (SSSR count). The van der Waals surface area contributed by atoms with Crippen LogP contribution in [0.25, 0.3) is 0 Å². The molecule has 0 fully saturated rings. The Morgan fingerprint density at radius 1 is 1.41 bits per heavy atom. The van der Waals surface area contributed by atoms with Gasteiger partial charge in [0.05, 0.1) is 6.54 Å². The molecule has 7 nitrogen and oxygen atoms in total. The second-order valence-corrected chi connectivity index (χ2v) is 3.67. The van der Waals surface area contributed by atoms with Gasteiger partial charge in [-0.3, -0.25) is 0 Å². The maximum atomic E-state index is 9.66. The Morgan fingerprint density at radius 3 is 2.94 bits per heavy atom. The van der Waals surface area contributed by atoms with Gasteiger partial charge in [0.1, 0.15) is 11.5 Å². The lowest BCUT2D eigenvalue weighted by molar-refractivity contribution is 0.439. The van der Waals surface area contributed by atoms with Crippen molar-refractivity contribution in [1.82, 2.24) is 25.9 Å². The van der Waals surface area contributed by atoms with Crippen LogP contribution in [-0.2, 0) is 6.54 Å². The van der Waals surface area contributed by atoms with E-state index in [1.807, 2.05) is 6.92 Å². The standard InChI is InChI=1S/C10H13N5O2/c1-6(11-5-10-12-14-15-13-10)8-4-7(16)2-3-9(8)17/h2-4,6,11,16-17H,5H2,1H3,(H,12,13,14,15). The number of nitrogens with zero attached hydrogens (tertiary/aromatic N) is 3. The quantitative estimate of drug-likeness (QED) is 0.573. The summed E-state index contributed by atoms with van der Waals surface area (Å²) in [6.45, 7) is 2.29. The number of H-pyrrole nitrogens is 1. The fourth-order valence-corrected chi connectivity index (χ4v) is 1.50. The second-order valence-electron chi connectivity index (χ2n) is 3.67. The molecule has 0 bridgehead atoms. The highest BCUT2D eigenvalue weighted by atomic mass is 16.3. The summed E-state index contributed by atoms with van der Waals surface area (Å²) in [5, 5.41) is 35.5. The number of nitrogens with one attached hydrogen (secondary N) is 2. The van der Waals surface area contributed by atoms with Crippen LogP contribution in [-0.4, -0.2) is 30.8 Å². The fraction of sp³-hybridized carbons (Fsp3) is 0.300. The molecule has 0 spiro atoms. The van der Waals surface area contributed by atoms with Crippen molar-refractivity contribution < 1.29 is 10.2 Å².